The molecule has 5 heteroatoms. The quantitative estimate of drug-likeness (QED) is 0.394. The fourth-order valence-electron chi connectivity index (χ4n) is 5.13. The number of carbonyl (C=O) groups is 1. The van der Waals surface area contributed by atoms with Crippen LogP contribution in [0.5, 0.6) is 0 Å². The first kappa shape index (κ1) is 25.7. The topological polar surface area (TPSA) is 72.8 Å². The lowest BCUT2D eigenvalue weighted by atomic mass is 9.88. The highest BCUT2D eigenvalue weighted by molar-refractivity contribution is 5.78. The first-order chi connectivity index (χ1) is 15.5. The molecule has 2 aliphatic rings. The van der Waals surface area contributed by atoms with E-state index in [-0.39, 0.29) is 23.5 Å². The Bertz CT molecular complexity index is 870. The predicted octanol–water partition coefficient (Wildman–Crippen LogP) is 3.63. The van der Waals surface area contributed by atoms with E-state index in [1.165, 1.54) is 11.1 Å². The molecular weight excluding hydrogens is 412 g/mol. The average molecular weight is 455 g/mol. The highest BCUT2D eigenvalue weighted by Gasteiger charge is 2.43. The van der Waals surface area contributed by atoms with Gasteiger partial charge in [-0.2, -0.15) is 0 Å². The van der Waals surface area contributed by atoms with Gasteiger partial charge < -0.3 is 20.4 Å². The van der Waals surface area contributed by atoms with Crippen LogP contribution in [0.1, 0.15) is 51.2 Å². The number of rotatable bonds is 9. The van der Waals surface area contributed by atoms with E-state index >= 15 is 0 Å². The van der Waals surface area contributed by atoms with Crippen molar-refractivity contribution in [3.8, 4) is 0 Å². The molecule has 2 aliphatic carbocycles. The van der Waals surface area contributed by atoms with Gasteiger partial charge in [-0.1, -0.05) is 53.6 Å². The van der Waals surface area contributed by atoms with Crippen LogP contribution in [0.15, 0.2) is 48.1 Å². The molecule has 0 heterocycles. The van der Waals surface area contributed by atoms with Crippen molar-refractivity contribution in [1.82, 2.24) is 10.2 Å². The van der Waals surface area contributed by atoms with Gasteiger partial charge in [0.25, 0.3) is 0 Å². The average Bonchev–Trinajstić information content (AvgIpc) is 3.24. The normalized spacial score (nSPS) is 25.8. The molecule has 0 unspecified atom stereocenters. The number of hydrogen-bond donors (Lipinski definition) is 3. The van der Waals surface area contributed by atoms with Gasteiger partial charge >= 0.3 is 0 Å². The minimum absolute atomic E-state index is 0.0888. The molecule has 5 nitrogen and oxygen atoms in total. The molecule has 1 aromatic carbocycles. The minimum atomic E-state index is -0.542. The third-order valence-electron chi connectivity index (χ3n) is 7.31. The molecule has 1 saturated carbocycles. The summed E-state index contributed by atoms with van der Waals surface area (Å²) < 4.78 is 0. The Kier molecular flexibility index (Phi) is 8.54. The molecule has 0 spiro atoms. The Morgan fingerprint density at radius 3 is 2.79 bits per heavy atom. The van der Waals surface area contributed by atoms with Crippen LogP contribution < -0.4 is 5.32 Å². The summed E-state index contributed by atoms with van der Waals surface area (Å²) in [4.78, 5) is 14.1. The second-order valence-corrected chi connectivity index (χ2v) is 10.9. The van der Waals surface area contributed by atoms with Gasteiger partial charge in [-0.15, -0.1) is 0 Å². The van der Waals surface area contributed by atoms with E-state index < -0.39 is 6.10 Å². The van der Waals surface area contributed by atoms with E-state index in [0.29, 0.717) is 24.8 Å². The van der Waals surface area contributed by atoms with Crippen molar-refractivity contribution < 1.29 is 15.0 Å². The number of hydrogen-bond acceptors (Lipinski definition) is 4. The molecule has 182 valence electrons. The zero-order valence-corrected chi connectivity index (χ0v) is 20.9. The van der Waals surface area contributed by atoms with Crippen molar-refractivity contribution in [3.63, 3.8) is 0 Å². The Hall–Kier alpha value is -1.95. The zero-order chi connectivity index (χ0) is 24.2. The molecule has 33 heavy (non-hydrogen) atoms. The van der Waals surface area contributed by atoms with Gasteiger partial charge in [-0.3, -0.25) is 4.79 Å². The number of aryl methyl sites for hydroxylation is 1. The monoisotopic (exact) mass is 454 g/mol. The fourth-order valence-corrected chi connectivity index (χ4v) is 5.13. The molecular formula is C28H42N2O3. The molecule has 1 amide bonds. The van der Waals surface area contributed by atoms with E-state index in [4.69, 9.17) is 0 Å². The van der Waals surface area contributed by atoms with Crippen molar-refractivity contribution in [3.05, 3.63) is 59.2 Å². The van der Waals surface area contributed by atoms with E-state index in [1.54, 1.807) is 4.90 Å². The van der Waals surface area contributed by atoms with Gasteiger partial charge in [-0.25, -0.2) is 0 Å². The van der Waals surface area contributed by atoms with Crippen molar-refractivity contribution in [2.45, 2.75) is 71.1 Å². The smallest absolute Gasteiger partial charge is 0.236 e. The number of benzene rings is 1. The van der Waals surface area contributed by atoms with Crippen molar-refractivity contribution >= 4 is 5.91 Å². The largest absolute Gasteiger partial charge is 0.392 e. The van der Waals surface area contributed by atoms with Crippen LogP contribution in [-0.4, -0.2) is 58.9 Å². The molecule has 3 N–H and O–H groups in total. The summed E-state index contributed by atoms with van der Waals surface area (Å²) in [5.74, 6) is 1.02. The van der Waals surface area contributed by atoms with Crippen molar-refractivity contribution in [2.24, 2.45) is 17.8 Å². The second kappa shape index (κ2) is 11.0. The lowest BCUT2D eigenvalue weighted by Gasteiger charge is -2.32. The summed E-state index contributed by atoms with van der Waals surface area (Å²) in [5, 5.41) is 24.4. The first-order valence-corrected chi connectivity index (χ1v) is 12.3. The number of nitrogens with zero attached hydrogens (tertiary/aromatic N) is 1. The Balaban J connectivity index is 1.45. The number of aliphatic hydroxyl groups is 2. The number of likely N-dealkylation sites (N-methyl/N-ethyl adjacent to an activating group) is 1. The molecule has 3 rings (SSSR count). The predicted molar refractivity (Wildman–Crippen MR) is 134 cm³/mol. The molecule has 0 saturated heterocycles. The van der Waals surface area contributed by atoms with Crippen LogP contribution in [0.4, 0.5) is 0 Å². The van der Waals surface area contributed by atoms with Crippen LogP contribution in [0.25, 0.3) is 0 Å². The summed E-state index contributed by atoms with van der Waals surface area (Å²) in [6, 6.07) is 8.22. The molecule has 0 bridgehead atoms. The summed E-state index contributed by atoms with van der Waals surface area (Å²) in [7, 11) is 1.85. The standard InChI is InChI=1S/C28H42N2O3/c1-19-7-6-8-20(13-19)15-23(31)9-10-24-25-16-21(14-22(25)17-26(24)32)11-12-29-18-27(33)30(5)28(2,3)4/h6-10,13-14,22-26,29,31-32H,11-12,15-18H2,1-5H3/t22-,23-,24+,25-,26+/m0/s1. The van der Waals surface area contributed by atoms with Crippen molar-refractivity contribution in [2.75, 3.05) is 20.1 Å². The van der Waals surface area contributed by atoms with E-state index in [2.05, 4.69) is 30.4 Å². The van der Waals surface area contributed by atoms with Gasteiger partial charge in [0.2, 0.25) is 5.91 Å². The first-order valence-electron chi connectivity index (χ1n) is 12.3. The van der Waals surface area contributed by atoms with Gasteiger partial charge in [0.1, 0.15) is 0 Å². The Labute approximate surface area is 199 Å². The van der Waals surface area contributed by atoms with Crippen molar-refractivity contribution in [1.29, 1.82) is 0 Å². The van der Waals surface area contributed by atoms with E-state index in [1.807, 2.05) is 52.1 Å². The molecule has 0 aromatic heterocycles. The van der Waals surface area contributed by atoms with Gasteiger partial charge in [0, 0.05) is 24.9 Å². The van der Waals surface area contributed by atoms with Crippen LogP contribution >= 0.6 is 0 Å². The molecule has 1 aromatic rings. The Morgan fingerprint density at radius 2 is 2.09 bits per heavy atom. The number of fused-ring (bicyclic) bond motifs is 1. The number of aliphatic hydroxyl groups excluding tert-OH is 2. The van der Waals surface area contributed by atoms with Crippen LogP contribution in [0.2, 0.25) is 0 Å². The van der Waals surface area contributed by atoms with Crippen LogP contribution in [0.3, 0.4) is 0 Å². The third kappa shape index (κ3) is 7.02. The minimum Gasteiger partial charge on any atom is -0.392 e. The maximum absolute atomic E-state index is 12.3. The van der Waals surface area contributed by atoms with Crippen LogP contribution in [0, 0.1) is 24.7 Å². The Morgan fingerprint density at radius 1 is 1.33 bits per heavy atom. The maximum Gasteiger partial charge on any atom is 0.236 e. The number of allylic oxidation sites excluding steroid dienone is 1. The lowest BCUT2D eigenvalue weighted by Crippen LogP contribution is -2.46. The SMILES string of the molecule is Cc1cccc(C[C@@H](O)C=C[C@@H]2[C@H]3CC(CCNCC(=O)N(C)C(C)(C)C)=C[C@H]3C[C@H]2O)c1. The van der Waals surface area contributed by atoms with Gasteiger partial charge in [0.15, 0.2) is 0 Å². The summed E-state index contributed by atoms with van der Waals surface area (Å²) in [5.41, 5.74) is 3.57. The summed E-state index contributed by atoms with van der Waals surface area (Å²) in [6.07, 6.45) is 8.68. The van der Waals surface area contributed by atoms with E-state index in [0.717, 1.165) is 31.4 Å². The maximum atomic E-state index is 12.3. The number of amides is 1. The summed E-state index contributed by atoms with van der Waals surface area (Å²) >= 11 is 0. The molecule has 1 fully saturated rings. The second-order valence-electron chi connectivity index (χ2n) is 10.9. The highest BCUT2D eigenvalue weighted by Crippen LogP contribution is 2.47. The molecule has 0 radical (unpaired) electrons. The lowest BCUT2D eigenvalue weighted by molar-refractivity contribution is -0.133. The number of carbonyl (C=O) groups excluding carboxylic acids is 1. The van der Waals surface area contributed by atoms with Gasteiger partial charge in [0.05, 0.1) is 18.8 Å². The van der Waals surface area contributed by atoms with Gasteiger partial charge in [-0.05, 0) is 70.9 Å². The number of nitrogens with one attached hydrogen (secondary N) is 1. The fraction of sp³-hybridized carbons (Fsp3) is 0.607. The highest BCUT2D eigenvalue weighted by atomic mass is 16.3. The summed E-state index contributed by atoms with van der Waals surface area (Å²) in [6.45, 7) is 9.31. The molecule has 5 atom stereocenters. The zero-order valence-electron chi connectivity index (χ0n) is 20.9. The van der Waals surface area contributed by atoms with E-state index in [9.17, 15) is 15.0 Å². The third-order valence-corrected chi connectivity index (χ3v) is 7.31. The van der Waals surface area contributed by atoms with Crippen LogP contribution in [-0.2, 0) is 11.2 Å². The molecule has 0 aliphatic heterocycles.